The number of ether oxygens (including phenoxy) is 1. The minimum atomic E-state index is 0.0147. The van der Waals surface area contributed by atoms with Gasteiger partial charge in [-0.15, -0.1) is 0 Å². The van der Waals surface area contributed by atoms with Gasteiger partial charge in [-0.25, -0.2) is 0 Å². The van der Waals surface area contributed by atoms with E-state index in [4.69, 9.17) is 4.74 Å². The van der Waals surface area contributed by atoms with Crippen LogP contribution in [-0.2, 0) is 10.2 Å². The van der Waals surface area contributed by atoms with Gasteiger partial charge in [0.2, 0.25) is 0 Å². The molecule has 0 aliphatic heterocycles. The van der Waals surface area contributed by atoms with Gasteiger partial charge in [-0.3, -0.25) is 0 Å². The van der Waals surface area contributed by atoms with E-state index in [9.17, 15) is 0 Å². The maximum atomic E-state index is 5.43. The van der Waals surface area contributed by atoms with Gasteiger partial charge in [0.15, 0.2) is 0 Å². The number of methoxy groups -OCH3 is 1. The van der Waals surface area contributed by atoms with Crippen LogP contribution in [0.2, 0.25) is 0 Å². The second-order valence-corrected chi connectivity index (χ2v) is 5.94. The van der Waals surface area contributed by atoms with Crippen LogP contribution >= 0.6 is 0 Å². The monoisotopic (exact) mass is 268 g/mol. The van der Waals surface area contributed by atoms with Crippen molar-refractivity contribution in [1.29, 1.82) is 0 Å². The largest absolute Gasteiger partial charge is 0.377 e. The molecule has 0 amide bonds. The minimum Gasteiger partial charge on any atom is -0.377 e. The highest BCUT2D eigenvalue weighted by Crippen LogP contribution is 2.33. The molecule has 0 saturated heterocycles. The molecular formula is C19H24O. The Kier molecular flexibility index (Phi) is 4.29. The molecule has 106 valence electrons. The molecule has 0 N–H and O–H groups in total. The van der Waals surface area contributed by atoms with Gasteiger partial charge in [0.25, 0.3) is 0 Å². The Bertz CT molecular complexity index is 570. The summed E-state index contributed by atoms with van der Waals surface area (Å²) >= 11 is 0. The molecule has 0 aromatic heterocycles. The topological polar surface area (TPSA) is 9.23 Å². The van der Waals surface area contributed by atoms with Crippen LogP contribution in [0.5, 0.6) is 0 Å². The summed E-state index contributed by atoms with van der Waals surface area (Å²) in [6, 6.07) is 17.4. The summed E-state index contributed by atoms with van der Waals surface area (Å²) in [7, 11) is 1.76. The fraction of sp³-hybridized carbons (Fsp3) is 0.368. The second kappa shape index (κ2) is 5.80. The molecule has 1 unspecified atom stereocenters. The van der Waals surface area contributed by atoms with E-state index in [1.165, 1.54) is 22.3 Å². The minimum absolute atomic E-state index is 0.0147. The predicted molar refractivity (Wildman–Crippen MR) is 85.2 cm³/mol. The molecule has 0 spiro atoms. The first-order valence-electron chi connectivity index (χ1n) is 7.16. The Labute approximate surface area is 122 Å². The van der Waals surface area contributed by atoms with Gasteiger partial charge in [-0.05, 0) is 36.1 Å². The lowest BCUT2D eigenvalue weighted by molar-refractivity contribution is 0.119. The van der Waals surface area contributed by atoms with Gasteiger partial charge in [0, 0.05) is 12.5 Å². The molecule has 20 heavy (non-hydrogen) atoms. The maximum absolute atomic E-state index is 5.43. The van der Waals surface area contributed by atoms with Gasteiger partial charge in [-0.1, -0.05) is 62.4 Å². The molecule has 0 aliphatic carbocycles. The van der Waals surface area contributed by atoms with Crippen LogP contribution in [0.3, 0.4) is 0 Å². The second-order valence-electron chi connectivity index (χ2n) is 5.94. The lowest BCUT2D eigenvalue weighted by Gasteiger charge is -2.27. The third kappa shape index (κ3) is 2.78. The van der Waals surface area contributed by atoms with E-state index in [2.05, 4.69) is 76.2 Å². The van der Waals surface area contributed by atoms with E-state index in [1.54, 1.807) is 7.11 Å². The fourth-order valence-corrected chi connectivity index (χ4v) is 2.67. The quantitative estimate of drug-likeness (QED) is 0.755. The highest BCUT2D eigenvalue weighted by molar-refractivity contribution is 5.42. The molecule has 0 saturated carbocycles. The maximum Gasteiger partial charge on any atom is 0.0795 e. The first-order valence-corrected chi connectivity index (χ1v) is 7.16. The fourth-order valence-electron chi connectivity index (χ4n) is 2.67. The average Bonchev–Trinajstić information content (AvgIpc) is 2.47. The molecule has 0 radical (unpaired) electrons. The molecule has 1 atom stereocenters. The molecule has 2 rings (SSSR count). The Balaban J connectivity index is 2.41. The van der Waals surface area contributed by atoms with Gasteiger partial charge in [0.05, 0.1) is 6.10 Å². The van der Waals surface area contributed by atoms with E-state index in [0.29, 0.717) is 0 Å². The van der Waals surface area contributed by atoms with Gasteiger partial charge in [0.1, 0.15) is 0 Å². The van der Waals surface area contributed by atoms with Crippen molar-refractivity contribution in [2.75, 3.05) is 7.11 Å². The van der Waals surface area contributed by atoms with Crippen molar-refractivity contribution < 1.29 is 4.74 Å². The summed E-state index contributed by atoms with van der Waals surface area (Å²) < 4.78 is 5.43. The van der Waals surface area contributed by atoms with E-state index in [0.717, 1.165) is 0 Å². The van der Waals surface area contributed by atoms with E-state index < -0.39 is 0 Å². The van der Waals surface area contributed by atoms with Crippen LogP contribution in [0.4, 0.5) is 0 Å². The smallest absolute Gasteiger partial charge is 0.0795 e. The van der Waals surface area contributed by atoms with Crippen LogP contribution in [0.1, 0.15) is 49.1 Å². The summed E-state index contributed by atoms with van der Waals surface area (Å²) in [5, 5.41) is 0. The Morgan fingerprint density at radius 1 is 0.950 bits per heavy atom. The number of aryl methyl sites for hydroxylation is 1. The zero-order valence-electron chi connectivity index (χ0n) is 13.1. The van der Waals surface area contributed by atoms with E-state index >= 15 is 0 Å². The van der Waals surface area contributed by atoms with Crippen molar-refractivity contribution in [3.63, 3.8) is 0 Å². The number of hydrogen-bond acceptors (Lipinski definition) is 1. The van der Waals surface area contributed by atoms with Crippen LogP contribution in [-0.4, -0.2) is 7.11 Å². The molecule has 0 heterocycles. The molecule has 2 aromatic carbocycles. The van der Waals surface area contributed by atoms with Crippen LogP contribution in [0, 0.1) is 6.92 Å². The van der Waals surface area contributed by atoms with E-state index in [-0.39, 0.29) is 11.5 Å². The number of hydrogen-bond donors (Lipinski definition) is 0. The van der Waals surface area contributed by atoms with Gasteiger partial charge >= 0.3 is 0 Å². The van der Waals surface area contributed by atoms with Crippen molar-refractivity contribution in [1.82, 2.24) is 0 Å². The van der Waals surface area contributed by atoms with Crippen molar-refractivity contribution >= 4 is 0 Å². The molecule has 0 fully saturated rings. The van der Waals surface area contributed by atoms with Crippen LogP contribution in [0.15, 0.2) is 48.5 Å². The molecular weight excluding hydrogens is 244 g/mol. The average molecular weight is 268 g/mol. The Morgan fingerprint density at radius 3 is 2.15 bits per heavy atom. The molecule has 0 aliphatic rings. The highest BCUT2D eigenvalue weighted by atomic mass is 16.5. The number of rotatable bonds is 4. The third-order valence-corrected chi connectivity index (χ3v) is 4.28. The lowest BCUT2D eigenvalue weighted by Crippen LogP contribution is -2.19. The highest BCUT2D eigenvalue weighted by Gasteiger charge is 2.23. The first kappa shape index (κ1) is 14.8. The zero-order chi connectivity index (χ0) is 14.8. The molecule has 2 aromatic rings. The van der Waals surface area contributed by atoms with Crippen molar-refractivity contribution in [2.24, 2.45) is 0 Å². The summed E-state index contributed by atoms with van der Waals surface area (Å²) in [5.41, 5.74) is 5.25. The summed E-state index contributed by atoms with van der Waals surface area (Å²) in [4.78, 5) is 0. The lowest BCUT2D eigenvalue weighted by atomic mass is 9.77. The molecule has 0 bridgehead atoms. The van der Waals surface area contributed by atoms with Crippen molar-refractivity contribution in [3.05, 3.63) is 70.8 Å². The summed E-state index contributed by atoms with van der Waals surface area (Å²) in [6.45, 7) is 8.80. The zero-order valence-corrected chi connectivity index (χ0v) is 13.1. The molecule has 1 nitrogen and oxygen atoms in total. The third-order valence-electron chi connectivity index (χ3n) is 4.28. The van der Waals surface area contributed by atoms with Crippen LogP contribution < -0.4 is 0 Å². The van der Waals surface area contributed by atoms with Gasteiger partial charge in [-0.2, -0.15) is 0 Å². The predicted octanol–water partition coefficient (Wildman–Crippen LogP) is 5.03. The van der Waals surface area contributed by atoms with E-state index in [1.807, 2.05) is 0 Å². The van der Waals surface area contributed by atoms with Crippen molar-refractivity contribution in [2.45, 2.75) is 39.2 Å². The van der Waals surface area contributed by atoms with Gasteiger partial charge < -0.3 is 4.74 Å². The molecule has 1 heteroatoms. The summed E-state index contributed by atoms with van der Waals surface area (Å²) in [5.74, 6) is 0. The SMILES string of the molecule is COC(C)c1ccc(C(C)(C)c2ccccc2)cc1C. The Morgan fingerprint density at radius 2 is 1.60 bits per heavy atom. The Hall–Kier alpha value is -1.60. The first-order chi connectivity index (χ1) is 9.46. The summed E-state index contributed by atoms with van der Waals surface area (Å²) in [6.07, 6.45) is 0.142. The normalized spacial score (nSPS) is 13.2. The van der Waals surface area contributed by atoms with Crippen LogP contribution in [0.25, 0.3) is 0 Å². The van der Waals surface area contributed by atoms with Crippen molar-refractivity contribution in [3.8, 4) is 0 Å². The number of benzene rings is 2. The standard InChI is InChI=1S/C19H24O/c1-14-13-17(11-12-18(14)15(2)20-5)19(3,4)16-9-7-6-8-10-16/h6-13,15H,1-5H3.